The van der Waals surface area contributed by atoms with Gasteiger partial charge in [-0.3, -0.25) is 9.59 Å². The number of rotatable bonds is 7. The average molecular weight is 409 g/mol. The molecule has 7 nitrogen and oxygen atoms in total. The number of methoxy groups -OCH3 is 1. The summed E-state index contributed by atoms with van der Waals surface area (Å²) in [6.07, 6.45) is 0.172. The molecule has 3 aromatic rings. The molecule has 0 aliphatic carbocycles. The second-order valence-corrected chi connectivity index (χ2v) is 8.66. The Bertz CT molecular complexity index is 967. The predicted molar refractivity (Wildman–Crippen MR) is 105 cm³/mol. The maximum absolute atomic E-state index is 12.2. The molecule has 3 rings (SSSR count). The van der Waals surface area contributed by atoms with E-state index in [2.05, 4.69) is 15.3 Å². The summed E-state index contributed by atoms with van der Waals surface area (Å²) >= 11 is 4.10. The first-order chi connectivity index (χ1) is 12.4. The second-order valence-electron chi connectivity index (χ2n) is 5.32. The lowest BCUT2D eigenvalue weighted by Gasteiger charge is -1.99. The summed E-state index contributed by atoms with van der Waals surface area (Å²) in [6, 6.07) is 5.57. The standard InChI is InChI=1S/C16H16N4O3S3/c1-8-11(6-13(17)21)26-16(18-8)24-7-14(22)20-15-19-10-4-3-9(23-2)5-12(10)25-15/h3-5H,6-7H2,1-2H3,(H2,17,21)(H,19,20,22). The van der Waals surface area contributed by atoms with Crippen LogP contribution in [0.2, 0.25) is 0 Å². The van der Waals surface area contributed by atoms with E-state index >= 15 is 0 Å². The van der Waals surface area contributed by atoms with Gasteiger partial charge in [-0.05, 0) is 25.1 Å². The van der Waals surface area contributed by atoms with Gasteiger partial charge in [-0.25, -0.2) is 9.97 Å². The molecule has 0 aliphatic rings. The highest BCUT2D eigenvalue weighted by atomic mass is 32.2. The van der Waals surface area contributed by atoms with Crippen molar-refractivity contribution in [1.82, 2.24) is 9.97 Å². The topological polar surface area (TPSA) is 107 Å². The minimum atomic E-state index is -0.390. The predicted octanol–water partition coefficient (Wildman–Crippen LogP) is 2.83. The summed E-state index contributed by atoms with van der Waals surface area (Å²) in [5.41, 5.74) is 6.80. The van der Waals surface area contributed by atoms with E-state index in [1.54, 1.807) is 7.11 Å². The molecular formula is C16H16N4O3S3. The van der Waals surface area contributed by atoms with Crippen LogP contribution in [-0.2, 0) is 16.0 Å². The van der Waals surface area contributed by atoms with Crippen molar-refractivity contribution in [3.05, 3.63) is 28.8 Å². The van der Waals surface area contributed by atoms with E-state index in [0.717, 1.165) is 30.9 Å². The Hall–Kier alpha value is -2.17. The van der Waals surface area contributed by atoms with E-state index in [-0.39, 0.29) is 18.1 Å². The smallest absolute Gasteiger partial charge is 0.236 e. The molecule has 1 aromatic carbocycles. The fraction of sp³-hybridized carbons (Fsp3) is 0.250. The molecule has 0 spiro atoms. The number of hydrogen-bond donors (Lipinski definition) is 2. The van der Waals surface area contributed by atoms with E-state index < -0.39 is 5.91 Å². The fourth-order valence-corrected chi connectivity index (χ4v) is 5.11. The number of carbonyl (C=O) groups is 2. The zero-order valence-electron chi connectivity index (χ0n) is 14.1. The number of hydrogen-bond acceptors (Lipinski definition) is 8. The number of fused-ring (bicyclic) bond motifs is 1. The fourth-order valence-electron chi connectivity index (χ4n) is 2.15. The number of carbonyl (C=O) groups excluding carboxylic acids is 2. The summed E-state index contributed by atoms with van der Waals surface area (Å²) < 4.78 is 6.87. The summed E-state index contributed by atoms with van der Waals surface area (Å²) in [5.74, 6) is 0.409. The van der Waals surface area contributed by atoms with Crippen molar-refractivity contribution in [3.63, 3.8) is 0 Å². The largest absolute Gasteiger partial charge is 0.497 e. The Morgan fingerprint density at radius 1 is 1.31 bits per heavy atom. The van der Waals surface area contributed by atoms with Crippen LogP contribution in [0.4, 0.5) is 5.13 Å². The van der Waals surface area contributed by atoms with Crippen LogP contribution in [0.5, 0.6) is 5.75 Å². The van der Waals surface area contributed by atoms with Crippen molar-refractivity contribution in [2.24, 2.45) is 5.73 Å². The molecule has 0 unspecified atom stereocenters. The maximum atomic E-state index is 12.2. The number of thioether (sulfide) groups is 1. The van der Waals surface area contributed by atoms with Gasteiger partial charge < -0.3 is 15.8 Å². The number of nitrogens with one attached hydrogen (secondary N) is 1. The van der Waals surface area contributed by atoms with Crippen molar-refractivity contribution in [2.75, 3.05) is 18.2 Å². The molecule has 136 valence electrons. The van der Waals surface area contributed by atoms with Crippen LogP contribution in [0.15, 0.2) is 22.5 Å². The van der Waals surface area contributed by atoms with Gasteiger partial charge in [0.05, 0.1) is 35.2 Å². The Morgan fingerprint density at radius 2 is 2.12 bits per heavy atom. The first-order valence-corrected chi connectivity index (χ1v) is 10.2. The number of benzene rings is 1. The number of nitrogens with zero attached hydrogens (tertiary/aromatic N) is 2. The highest BCUT2D eigenvalue weighted by molar-refractivity contribution is 8.01. The minimum absolute atomic E-state index is 0.162. The van der Waals surface area contributed by atoms with E-state index in [9.17, 15) is 9.59 Å². The first-order valence-electron chi connectivity index (χ1n) is 7.56. The SMILES string of the molecule is COc1ccc2nc(NC(=O)CSc3nc(C)c(CC(N)=O)s3)sc2c1. The van der Waals surface area contributed by atoms with Crippen molar-refractivity contribution >= 4 is 61.6 Å². The molecule has 0 aliphatic heterocycles. The molecule has 0 atom stereocenters. The lowest BCUT2D eigenvalue weighted by Crippen LogP contribution is -2.13. The number of aryl methyl sites for hydroxylation is 1. The van der Waals surface area contributed by atoms with E-state index in [1.807, 2.05) is 25.1 Å². The van der Waals surface area contributed by atoms with Gasteiger partial charge in [-0.15, -0.1) is 11.3 Å². The normalized spacial score (nSPS) is 10.8. The Morgan fingerprint density at radius 3 is 2.85 bits per heavy atom. The third-order valence-electron chi connectivity index (χ3n) is 3.38. The minimum Gasteiger partial charge on any atom is -0.497 e. The molecule has 3 N–H and O–H groups in total. The number of aromatic nitrogens is 2. The molecule has 2 aromatic heterocycles. The monoisotopic (exact) mass is 408 g/mol. The lowest BCUT2D eigenvalue weighted by atomic mass is 10.3. The van der Waals surface area contributed by atoms with Crippen LogP contribution in [0.1, 0.15) is 10.6 Å². The highest BCUT2D eigenvalue weighted by Crippen LogP contribution is 2.30. The quantitative estimate of drug-likeness (QED) is 0.582. The maximum Gasteiger partial charge on any atom is 0.236 e. The van der Waals surface area contributed by atoms with Crippen molar-refractivity contribution < 1.29 is 14.3 Å². The molecule has 0 saturated carbocycles. The van der Waals surface area contributed by atoms with Crippen molar-refractivity contribution in [1.29, 1.82) is 0 Å². The molecule has 0 fully saturated rings. The number of amides is 2. The van der Waals surface area contributed by atoms with Gasteiger partial charge in [-0.1, -0.05) is 23.1 Å². The summed E-state index contributed by atoms with van der Waals surface area (Å²) in [5, 5.41) is 3.35. The van der Waals surface area contributed by atoms with Gasteiger partial charge in [0, 0.05) is 4.88 Å². The van der Waals surface area contributed by atoms with Crippen molar-refractivity contribution in [3.8, 4) is 5.75 Å². The molecule has 0 bridgehead atoms. The highest BCUT2D eigenvalue weighted by Gasteiger charge is 2.13. The van der Waals surface area contributed by atoms with Gasteiger partial charge in [0.25, 0.3) is 0 Å². The zero-order valence-corrected chi connectivity index (χ0v) is 16.5. The van der Waals surface area contributed by atoms with Crippen LogP contribution >= 0.6 is 34.4 Å². The van der Waals surface area contributed by atoms with E-state index in [4.69, 9.17) is 10.5 Å². The summed E-state index contributed by atoms with van der Waals surface area (Å²) in [7, 11) is 1.61. The molecule has 10 heteroatoms. The molecule has 2 heterocycles. The Labute approximate surface area is 162 Å². The third kappa shape index (κ3) is 4.51. The van der Waals surface area contributed by atoms with Crippen LogP contribution in [0, 0.1) is 6.92 Å². The molecule has 0 saturated heterocycles. The van der Waals surface area contributed by atoms with Crippen LogP contribution in [-0.4, -0.2) is 34.6 Å². The average Bonchev–Trinajstić information content (AvgIpc) is 3.14. The van der Waals surface area contributed by atoms with Gasteiger partial charge in [-0.2, -0.15) is 0 Å². The Kier molecular flexibility index (Phi) is 5.74. The first kappa shape index (κ1) is 18.6. The molecule has 26 heavy (non-hydrogen) atoms. The second kappa shape index (κ2) is 8.02. The van der Waals surface area contributed by atoms with Gasteiger partial charge >= 0.3 is 0 Å². The molecule has 0 radical (unpaired) electrons. The summed E-state index contributed by atoms with van der Waals surface area (Å²) in [4.78, 5) is 32.8. The van der Waals surface area contributed by atoms with Crippen LogP contribution < -0.4 is 15.8 Å². The zero-order chi connectivity index (χ0) is 18.7. The van der Waals surface area contributed by atoms with Gasteiger partial charge in [0.15, 0.2) is 9.47 Å². The Balaban J connectivity index is 1.60. The van der Waals surface area contributed by atoms with Crippen molar-refractivity contribution in [2.45, 2.75) is 17.7 Å². The number of ether oxygens (including phenoxy) is 1. The number of primary amides is 1. The number of anilines is 1. The lowest BCUT2D eigenvalue weighted by molar-refractivity contribution is -0.117. The molecular weight excluding hydrogens is 392 g/mol. The summed E-state index contributed by atoms with van der Waals surface area (Å²) in [6.45, 7) is 1.83. The van der Waals surface area contributed by atoms with Crippen LogP contribution in [0.25, 0.3) is 10.2 Å². The van der Waals surface area contributed by atoms with Gasteiger partial charge in [0.2, 0.25) is 11.8 Å². The van der Waals surface area contributed by atoms with Crippen LogP contribution in [0.3, 0.4) is 0 Å². The van der Waals surface area contributed by atoms with E-state index in [0.29, 0.717) is 5.13 Å². The van der Waals surface area contributed by atoms with E-state index in [1.165, 1.54) is 34.4 Å². The number of thiazole rings is 2. The van der Waals surface area contributed by atoms with Gasteiger partial charge in [0.1, 0.15) is 5.75 Å². The third-order valence-corrected chi connectivity index (χ3v) is 6.61. The number of nitrogens with two attached hydrogens (primary N) is 1. The molecule has 2 amide bonds.